The van der Waals surface area contributed by atoms with Crippen LogP contribution in [0.4, 0.5) is 27.9 Å². The summed E-state index contributed by atoms with van der Waals surface area (Å²) in [4.78, 5) is 25.8. The van der Waals surface area contributed by atoms with E-state index in [1.54, 1.807) is 6.07 Å². The van der Waals surface area contributed by atoms with Gasteiger partial charge in [0.25, 0.3) is 0 Å². The Hall–Kier alpha value is -4.65. The molecule has 0 saturated carbocycles. The largest absolute Gasteiger partial charge is 0.378 e. The highest BCUT2D eigenvalue weighted by atomic mass is 19.1. The first-order chi connectivity index (χ1) is 21.1. The fourth-order valence-electron chi connectivity index (χ4n) is 3.95. The lowest BCUT2D eigenvalue weighted by molar-refractivity contribution is -0.120. The molecule has 1 aromatic heterocycles. The van der Waals surface area contributed by atoms with E-state index in [-0.39, 0.29) is 18.1 Å². The fraction of sp³-hybridized carbons (Fsp3) is 0.290. The molecule has 43 heavy (non-hydrogen) atoms. The molecule has 3 aromatic carbocycles. The maximum Gasteiger partial charge on any atom is 0.233 e. The second-order valence-electron chi connectivity index (χ2n) is 9.49. The molecule has 1 heterocycles. The Morgan fingerprint density at radius 1 is 0.721 bits per heavy atom. The number of benzene rings is 3. The summed E-state index contributed by atoms with van der Waals surface area (Å²) in [5, 5.41) is 12.4. The highest BCUT2D eigenvalue weighted by molar-refractivity contribution is 5.78. The molecule has 0 radical (unpaired) electrons. The average Bonchev–Trinajstić information content (AvgIpc) is 3.02. The van der Waals surface area contributed by atoms with Gasteiger partial charge in [0.05, 0.1) is 32.8 Å². The molecule has 4 aromatic rings. The number of amides is 1. The van der Waals surface area contributed by atoms with Crippen molar-refractivity contribution in [3.8, 4) is 0 Å². The number of carbonyl (C=O) groups excluding carboxylic acids is 1. The molecule has 1 amide bonds. The van der Waals surface area contributed by atoms with Crippen molar-refractivity contribution < 1.29 is 18.7 Å². The van der Waals surface area contributed by atoms with Gasteiger partial charge in [-0.2, -0.15) is 15.0 Å². The normalized spacial score (nSPS) is 10.7. The molecule has 4 rings (SSSR count). The van der Waals surface area contributed by atoms with Gasteiger partial charge in [0.1, 0.15) is 5.82 Å². The zero-order valence-electron chi connectivity index (χ0n) is 23.9. The maximum absolute atomic E-state index is 13.6. The Morgan fingerprint density at radius 2 is 1.37 bits per heavy atom. The van der Waals surface area contributed by atoms with Crippen molar-refractivity contribution in [3.05, 3.63) is 101 Å². The number of rotatable bonds is 18. The minimum Gasteiger partial charge on any atom is -0.378 e. The molecular formula is C31H37FN8O3. The molecule has 0 unspecified atom stereocenters. The fourth-order valence-corrected chi connectivity index (χ4v) is 3.95. The number of nitrogens with zero attached hydrogens (tertiary/aromatic N) is 3. The number of halogens is 1. The lowest BCUT2D eigenvalue weighted by Crippen LogP contribution is -2.29. The highest BCUT2D eigenvalue weighted by Crippen LogP contribution is 2.18. The predicted molar refractivity (Wildman–Crippen MR) is 164 cm³/mol. The van der Waals surface area contributed by atoms with Crippen molar-refractivity contribution in [1.29, 1.82) is 0 Å². The third kappa shape index (κ3) is 11.6. The molecule has 0 aliphatic heterocycles. The molecule has 6 N–H and O–H groups in total. The van der Waals surface area contributed by atoms with Gasteiger partial charge in [-0.3, -0.25) is 4.79 Å². The van der Waals surface area contributed by atoms with Gasteiger partial charge in [0, 0.05) is 31.9 Å². The van der Waals surface area contributed by atoms with Crippen molar-refractivity contribution >= 4 is 29.4 Å². The Labute approximate surface area is 250 Å². The molecule has 11 nitrogen and oxygen atoms in total. The summed E-state index contributed by atoms with van der Waals surface area (Å²) in [7, 11) is 0. The molecule has 0 spiro atoms. The minimum absolute atomic E-state index is 0.0932. The number of anilines is 4. The van der Waals surface area contributed by atoms with Crippen LogP contribution in [0.2, 0.25) is 0 Å². The standard InChI is InChI=1S/C31H37FN8O3/c32-26-8-4-7-25(19-26)22-36-30-38-29(35-21-24-5-2-1-3-6-24)39-31(40-30)37-27-11-9-23(10-12-27)20-28(41)34-14-16-43-18-17-42-15-13-33/h1-12,19H,13-18,20-22,33H2,(H,34,41)(H3,35,36,37,38,39,40). The lowest BCUT2D eigenvalue weighted by atomic mass is 10.1. The second-order valence-corrected chi connectivity index (χ2v) is 9.49. The van der Waals surface area contributed by atoms with Gasteiger partial charge in [-0.25, -0.2) is 4.39 Å². The first kappa shape index (κ1) is 31.3. The number of hydrogen-bond acceptors (Lipinski definition) is 10. The van der Waals surface area contributed by atoms with E-state index >= 15 is 0 Å². The number of ether oxygens (including phenoxy) is 2. The van der Waals surface area contributed by atoms with E-state index in [2.05, 4.69) is 36.2 Å². The van der Waals surface area contributed by atoms with E-state index in [0.29, 0.717) is 70.5 Å². The van der Waals surface area contributed by atoms with Gasteiger partial charge < -0.3 is 36.5 Å². The van der Waals surface area contributed by atoms with Gasteiger partial charge in [0.15, 0.2) is 0 Å². The monoisotopic (exact) mass is 588 g/mol. The van der Waals surface area contributed by atoms with Crippen LogP contribution in [0.15, 0.2) is 78.9 Å². The van der Waals surface area contributed by atoms with Crippen molar-refractivity contribution in [2.24, 2.45) is 5.73 Å². The van der Waals surface area contributed by atoms with Crippen LogP contribution in [-0.2, 0) is 33.8 Å². The summed E-state index contributed by atoms with van der Waals surface area (Å²) in [5.74, 6) is 0.634. The number of carbonyl (C=O) groups is 1. The summed E-state index contributed by atoms with van der Waals surface area (Å²) in [6.45, 7) is 3.63. The molecule has 12 heteroatoms. The van der Waals surface area contributed by atoms with Crippen LogP contribution in [0.25, 0.3) is 0 Å². The lowest BCUT2D eigenvalue weighted by Gasteiger charge is -2.12. The van der Waals surface area contributed by atoms with Crippen LogP contribution in [0.1, 0.15) is 16.7 Å². The van der Waals surface area contributed by atoms with E-state index in [1.165, 1.54) is 12.1 Å². The van der Waals surface area contributed by atoms with Crippen molar-refractivity contribution in [2.45, 2.75) is 19.5 Å². The zero-order valence-corrected chi connectivity index (χ0v) is 23.9. The van der Waals surface area contributed by atoms with Gasteiger partial charge in [0.2, 0.25) is 23.8 Å². The molecule has 0 fully saturated rings. The summed E-state index contributed by atoms with van der Waals surface area (Å²) >= 11 is 0. The quantitative estimate of drug-likeness (QED) is 0.109. The molecule has 0 aliphatic carbocycles. The zero-order chi connectivity index (χ0) is 30.1. The van der Waals surface area contributed by atoms with E-state index in [9.17, 15) is 9.18 Å². The summed E-state index contributed by atoms with van der Waals surface area (Å²) in [5.41, 5.74) is 8.79. The van der Waals surface area contributed by atoms with E-state index in [0.717, 1.165) is 22.4 Å². The minimum atomic E-state index is -0.308. The van der Waals surface area contributed by atoms with Crippen LogP contribution >= 0.6 is 0 Å². The molecule has 0 bridgehead atoms. The second kappa shape index (κ2) is 17.3. The Balaban J connectivity index is 1.32. The molecule has 0 saturated heterocycles. The summed E-state index contributed by atoms with van der Waals surface area (Å²) in [6.07, 6.45) is 0.243. The van der Waals surface area contributed by atoms with Crippen LogP contribution in [0.3, 0.4) is 0 Å². The van der Waals surface area contributed by atoms with Crippen molar-refractivity contribution in [1.82, 2.24) is 20.3 Å². The topological polar surface area (TPSA) is 148 Å². The number of aromatic nitrogens is 3. The molecule has 226 valence electrons. The molecular weight excluding hydrogens is 551 g/mol. The van der Waals surface area contributed by atoms with E-state index in [1.807, 2.05) is 60.7 Å². The van der Waals surface area contributed by atoms with Gasteiger partial charge in [-0.15, -0.1) is 0 Å². The Morgan fingerprint density at radius 3 is 2.07 bits per heavy atom. The van der Waals surface area contributed by atoms with E-state index in [4.69, 9.17) is 15.2 Å². The number of nitrogens with one attached hydrogen (secondary N) is 4. The SMILES string of the molecule is NCCOCCOCCNC(=O)Cc1ccc(Nc2nc(NCc3ccccc3)nc(NCc3cccc(F)c3)n2)cc1. The van der Waals surface area contributed by atoms with Gasteiger partial charge >= 0.3 is 0 Å². The molecule has 0 aliphatic rings. The summed E-state index contributed by atoms with van der Waals surface area (Å²) in [6, 6.07) is 23.7. The first-order valence-corrected chi connectivity index (χ1v) is 14.1. The number of nitrogens with two attached hydrogens (primary N) is 1. The predicted octanol–water partition coefficient (Wildman–Crippen LogP) is 3.63. The van der Waals surface area contributed by atoms with Crippen molar-refractivity contribution in [2.75, 3.05) is 55.5 Å². The van der Waals surface area contributed by atoms with E-state index < -0.39 is 0 Å². The smallest absolute Gasteiger partial charge is 0.233 e. The van der Waals surface area contributed by atoms with Gasteiger partial charge in [-0.1, -0.05) is 54.6 Å². The van der Waals surface area contributed by atoms with Crippen LogP contribution < -0.4 is 27.0 Å². The number of hydrogen-bond donors (Lipinski definition) is 5. The van der Waals surface area contributed by atoms with Gasteiger partial charge in [-0.05, 0) is 41.0 Å². The van der Waals surface area contributed by atoms with Crippen LogP contribution in [-0.4, -0.2) is 60.4 Å². The van der Waals surface area contributed by atoms with Crippen LogP contribution in [0, 0.1) is 5.82 Å². The highest BCUT2D eigenvalue weighted by Gasteiger charge is 2.09. The maximum atomic E-state index is 13.6. The van der Waals surface area contributed by atoms with Crippen molar-refractivity contribution in [3.63, 3.8) is 0 Å². The molecule has 0 atom stereocenters. The van der Waals surface area contributed by atoms with Crippen LogP contribution in [0.5, 0.6) is 0 Å². The third-order valence-corrected chi connectivity index (χ3v) is 6.05. The summed E-state index contributed by atoms with van der Waals surface area (Å²) < 4.78 is 24.3. The Bertz CT molecular complexity index is 1410. The average molecular weight is 589 g/mol. The third-order valence-electron chi connectivity index (χ3n) is 6.05. The first-order valence-electron chi connectivity index (χ1n) is 14.1. The Kier molecular flexibility index (Phi) is 12.6.